The minimum atomic E-state index is -0.0463. The van der Waals surface area contributed by atoms with Crippen molar-refractivity contribution in [3.05, 3.63) is 72.3 Å². The number of para-hydroxylation sites is 1. The Labute approximate surface area is 153 Å². The lowest BCUT2D eigenvalue weighted by molar-refractivity contribution is 0.0953. The fraction of sp³-hybridized carbons (Fsp3) is 0.250. The average Bonchev–Trinajstić information content (AvgIpc) is 3.20. The highest BCUT2D eigenvalue weighted by atomic mass is 16.1. The van der Waals surface area contributed by atoms with Crippen LogP contribution in [0.25, 0.3) is 5.69 Å². The molecule has 0 saturated heterocycles. The maximum atomic E-state index is 12.4. The van der Waals surface area contributed by atoms with Crippen LogP contribution >= 0.6 is 0 Å². The monoisotopic (exact) mass is 349 g/mol. The molecule has 0 aliphatic heterocycles. The van der Waals surface area contributed by atoms with E-state index in [0.717, 1.165) is 24.2 Å². The second-order valence-electron chi connectivity index (χ2n) is 6.21. The minimum absolute atomic E-state index is 0.0463. The Kier molecular flexibility index (Phi) is 5.63. The van der Waals surface area contributed by atoms with Gasteiger partial charge in [0.2, 0.25) is 0 Å². The molecule has 6 nitrogen and oxygen atoms in total. The highest BCUT2D eigenvalue weighted by Crippen LogP contribution is 2.14. The molecule has 0 spiro atoms. The molecule has 1 amide bonds. The van der Waals surface area contributed by atoms with E-state index in [1.807, 2.05) is 43.3 Å². The number of carbonyl (C=O) groups is 1. The zero-order valence-electron chi connectivity index (χ0n) is 15.1. The normalized spacial score (nSPS) is 10.5. The standard InChI is InChI=1S/C20H23N5O/c1-16-13-18(25-15-21-14-23-25)9-10-19(16)20(26)22-11-6-12-24(2)17-7-4-3-5-8-17/h3-5,7-10,13-15H,6,11-12H2,1-2H3,(H,22,26). The molecule has 26 heavy (non-hydrogen) atoms. The number of carbonyl (C=O) groups excluding carboxylic acids is 1. The molecule has 0 aliphatic rings. The molecule has 3 rings (SSSR count). The number of nitrogens with one attached hydrogen (secondary N) is 1. The molecule has 0 fully saturated rings. The van der Waals surface area contributed by atoms with Gasteiger partial charge in [0.25, 0.3) is 5.91 Å². The fourth-order valence-corrected chi connectivity index (χ4v) is 2.81. The van der Waals surface area contributed by atoms with Crippen LogP contribution in [0, 0.1) is 6.92 Å². The van der Waals surface area contributed by atoms with E-state index in [0.29, 0.717) is 12.1 Å². The SMILES string of the molecule is Cc1cc(-n2cncn2)ccc1C(=O)NCCCN(C)c1ccccc1. The third-order valence-electron chi connectivity index (χ3n) is 4.29. The molecule has 2 aromatic carbocycles. The van der Waals surface area contributed by atoms with Crippen molar-refractivity contribution >= 4 is 11.6 Å². The van der Waals surface area contributed by atoms with Gasteiger partial charge in [-0.2, -0.15) is 5.10 Å². The highest BCUT2D eigenvalue weighted by Gasteiger charge is 2.10. The molecular formula is C20H23N5O. The summed E-state index contributed by atoms with van der Waals surface area (Å²) in [5.41, 5.74) is 3.67. The number of rotatable bonds is 7. The second kappa shape index (κ2) is 8.29. The first kappa shape index (κ1) is 17.7. The van der Waals surface area contributed by atoms with Crippen molar-refractivity contribution in [1.82, 2.24) is 20.1 Å². The third-order valence-corrected chi connectivity index (χ3v) is 4.29. The molecule has 0 bridgehead atoms. The Morgan fingerprint density at radius 1 is 1.19 bits per heavy atom. The summed E-state index contributed by atoms with van der Waals surface area (Å²) in [6.07, 6.45) is 4.01. The lowest BCUT2D eigenvalue weighted by Crippen LogP contribution is -2.28. The van der Waals surface area contributed by atoms with Crippen molar-refractivity contribution in [3.8, 4) is 5.69 Å². The molecule has 0 atom stereocenters. The van der Waals surface area contributed by atoms with Gasteiger partial charge < -0.3 is 10.2 Å². The van der Waals surface area contributed by atoms with Crippen LogP contribution in [0.15, 0.2) is 61.2 Å². The first-order valence-corrected chi connectivity index (χ1v) is 8.65. The molecule has 0 saturated carbocycles. The summed E-state index contributed by atoms with van der Waals surface area (Å²) in [4.78, 5) is 18.5. The van der Waals surface area contributed by atoms with Gasteiger partial charge in [0.05, 0.1) is 5.69 Å². The van der Waals surface area contributed by atoms with Gasteiger partial charge in [-0.3, -0.25) is 4.79 Å². The molecule has 0 unspecified atom stereocenters. The molecule has 6 heteroatoms. The van der Waals surface area contributed by atoms with E-state index in [9.17, 15) is 4.79 Å². The van der Waals surface area contributed by atoms with Crippen LogP contribution in [0.4, 0.5) is 5.69 Å². The van der Waals surface area contributed by atoms with Crippen molar-refractivity contribution < 1.29 is 4.79 Å². The van der Waals surface area contributed by atoms with Gasteiger partial charge in [-0.05, 0) is 49.2 Å². The Morgan fingerprint density at radius 2 is 2.00 bits per heavy atom. The van der Waals surface area contributed by atoms with Crippen LogP contribution in [0.2, 0.25) is 0 Å². The number of amides is 1. The Hall–Kier alpha value is -3.15. The van der Waals surface area contributed by atoms with Gasteiger partial charge in [-0.15, -0.1) is 0 Å². The van der Waals surface area contributed by atoms with Crippen LogP contribution in [0.3, 0.4) is 0 Å². The highest BCUT2D eigenvalue weighted by molar-refractivity contribution is 5.95. The molecule has 134 valence electrons. The van der Waals surface area contributed by atoms with E-state index >= 15 is 0 Å². The van der Waals surface area contributed by atoms with E-state index in [-0.39, 0.29) is 5.91 Å². The van der Waals surface area contributed by atoms with Crippen molar-refractivity contribution in [1.29, 1.82) is 0 Å². The summed E-state index contributed by atoms with van der Waals surface area (Å²) >= 11 is 0. The van der Waals surface area contributed by atoms with Crippen LogP contribution < -0.4 is 10.2 Å². The number of hydrogen-bond donors (Lipinski definition) is 1. The predicted octanol–water partition coefficient (Wildman–Crippen LogP) is 2.83. The van der Waals surface area contributed by atoms with Gasteiger partial charge >= 0.3 is 0 Å². The third kappa shape index (κ3) is 4.27. The molecule has 1 N–H and O–H groups in total. The Balaban J connectivity index is 1.51. The van der Waals surface area contributed by atoms with Gasteiger partial charge in [-0.1, -0.05) is 18.2 Å². The van der Waals surface area contributed by atoms with Crippen LogP contribution in [0.1, 0.15) is 22.3 Å². The number of benzene rings is 2. The van der Waals surface area contributed by atoms with E-state index < -0.39 is 0 Å². The lowest BCUT2D eigenvalue weighted by atomic mass is 10.1. The number of hydrogen-bond acceptors (Lipinski definition) is 4. The molecule has 3 aromatic rings. The summed E-state index contributed by atoms with van der Waals surface area (Å²) in [6, 6.07) is 15.9. The zero-order valence-corrected chi connectivity index (χ0v) is 15.1. The maximum Gasteiger partial charge on any atom is 0.251 e. The number of nitrogens with zero attached hydrogens (tertiary/aromatic N) is 4. The summed E-state index contributed by atoms with van der Waals surface area (Å²) in [6.45, 7) is 3.45. The summed E-state index contributed by atoms with van der Waals surface area (Å²) in [5.74, 6) is -0.0463. The summed E-state index contributed by atoms with van der Waals surface area (Å²) < 4.78 is 1.67. The van der Waals surface area contributed by atoms with E-state index in [2.05, 4.69) is 39.5 Å². The van der Waals surface area contributed by atoms with Crippen molar-refractivity contribution in [3.63, 3.8) is 0 Å². The van der Waals surface area contributed by atoms with Gasteiger partial charge in [0.1, 0.15) is 12.7 Å². The molecule has 0 radical (unpaired) electrons. The smallest absolute Gasteiger partial charge is 0.251 e. The largest absolute Gasteiger partial charge is 0.375 e. The van der Waals surface area contributed by atoms with Crippen molar-refractivity contribution in [2.24, 2.45) is 0 Å². The van der Waals surface area contributed by atoms with Crippen molar-refractivity contribution in [2.75, 3.05) is 25.0 Å². The summed E-state index contributed by atoms with van der Waals surface area (Å²) in [7, 11) is 2.06. The van der Waals surface area contributed by atoms with E-state index in [1.54, 1.807) is 11.0 Å². The van der Waals surface area contributed by atoms with E-state index in [4.69, 9.17) is 0 Å². The summed E-state index contributed by atoms with van der Waals surface area (Å²) in [5, 5.41) is 7.11. The van der Waals surface area contributed by atoms with Crippen LogP contribution in [-0.4, -0.2) is 40.8 Å². The van der Waals surface area contributed by atoms with Gasteiger partial charge in [0, 0.05) is 31.4 Å². The molecular weight excluding hydrogens is 326 g/mol. The first-order chi connectivity index (χ1) is 12.6. The topological polar surface area (TPSA) is 63.1 Å². The van der Waals surface area contributed by atoms with Crippen LogP contribution in [0.5, 0.6) is 0 Å². The van der Waals surface area contributed by atoms with E-state index in [1.165, 1.54) is 12.0 Å². The maximum absolute atomic E-state index is 12.4. The van der Waals surface area contributed by atoms with Crippen LogP contribution in [-0.2, 0) is 0 Å². The number of aromatic nitrogens is 3. The Bertz CT molecular complexity index is 846. The second-order valence-corrected chi connectivity index (χ2v) is 6.21. The minimum Gasteiger partial charge on any atom is -0.375 e. The van der Waals surface area contributed by atoms with Gasteiger partial charge in [-0.25, -0.2) is 9.67 Å². The molecule has 1 heterocycles. The fourth-order valence-electron chi connectivity index (χ4n) is 2.81. The van der Waals surface area contributed by atoms with Gasteiger partial charge in [0.15, 0.2) is 0 Å². The number of aryl methyl sites for hydroxylation is 1. The number of anilines is 1. The first-order valence-electron chi connectivity index (χ1n) is 8.65. The molecule has 0 aliphatic carbocycles. The predicted molar refractivity (Wildman–Crippen MR) is 103 cm³/mol. The zero-order chi connectivity index (χ0) is 18.4. The van der Waals surface area contributed by atoms with Crippen molar-refractivity contribution in [2.45, 2.75) is 13.3 Å². The quantitative estimate of drug-likeness (QED) is 0.666. The average molecular weight is 349 g/mol. The Morgan fingerprint density at radius 3 is 2.69 bits per heavy atom. The molecule has 1 aromatic heterocycles. The lowest BCUT2D eigenvalue weighted by Gasteiger charge is -2.19.